The predicted octanol–water partition coefficient (Wildman–Crippen LogP) is 2.23. The van der Waals surface area contributed by atoms with E-state index in [4.69, 9.17) is 5.26 Å². The van der Waals surface area contributed by atoms with Gasteiger partial charge in [-0.25, -0.2) is 0 Å². The maximum atomic E-state index is 9.82. The van der Waals surface area contributed by atoms with Crippen molar-refractivity contribution >= 4 is 0 Å². The second-order valence-corrected chi connectivity index (χ2v) is 3.31. The largest absolute Gasteiger partial charge is 0.369 e. The number of aliphatic hydroxyl groups is 1. The average molecular weight is 214 g/mol. The maximum absolute atomic E-state index is 9.82. The molecule has 0 spiro atoms. The molecule has 0 saturated heterocycles. The van der Waals surface area contributed by atoms with E-state index in [1.165, 1.54) is 0 Å². The fourth-order valence-electron chi connectivity index (χ4n) is 1.29. The van der Waals surface area contributed by atoms with Gasteiger partial charge < -0.3 is 10.4 Å². The molecule has 0 aliphatic carbocycles. The standard InChI is InChI=1S/C13H14N2O/c1-3-5-10(2)15-13(16)12-7-4-6-11(8-12)9-14/h3-8,13,15-16H,2H2,1H3/b5-3-. The van der Waals surface area contributed by atoms with Crippen molar-refractivity contribution in [1.82, 2.24) is 5.32 Å². The van der Waals surface area contributed by atoms with Gasteiger partial charge in [0.05, 0.1) is 11.6 Å². The van der Waals surface area contributed by atoms with E-state index in [2.05, 4.69) is 11.9 Å². The quantitative estimate of drug-likeness (QED) is 0.597. The summed E-state index contributed by atoms with van der Waals surface area (Å²) in [7, 11) is 0. The Hall–Kier alpha value is -2.05. The van der Waals surface area contributed by atoms with Gasteiger partial charge in [-0.15, -0.1) is 0 Å². The summed E-state index contributed by atoms with van der Waals surface area (Å²) in [6.07, 6.45) is 2.74. The molecule has 16 heavy (non-hydrogen) atoms. The number of nitriles is 1. The van der Waals surface area contributed by atoms with Gasteiger partial charge in [-0.2, -0.15) is 5.26 Å². The molecule has 3 nitrogen and oxygen atoms in total. The molecule has 0 saturated carbocycles. The highest BCUT2D eigenvalue weighted by molar-refractivity contribution is 5.34. The molecule has 1 atom stereocenters. The number of hydrogen-bond acceptors (Lipinski definition) is 3. The van der Waals surface area contributed by atoms with Gasteiger partial charge >= 0.3 is 0 Å². The summed E-state index contributed by atoms with van der Waals surface area (Å²) in [5, 5.41) is 21.4. The van der Waals surface area contributed by atoms with E-state index in [0.29, 0.717) is 16.8 Å². The highest BCUT2D eigenvalue weighted by atomic mass is 16.3. The van der Waals surface area contributed by atoms with E-state index in [1.54, 1.807) is 30.3 Å². The van der Waals surface area contributed by atoms with Crippen LogP contribution < -0.4 is 5.32 Å². The van der Waals surface area contributed by atoms with Gasteiger partial charge in [-0.3, -0.25) is 0 Å². The third-order valence-electron chi connectivity index (χ3n) is 2.02. The lowest BCUT2D eigenvalue weighted by Crippen LogP contribution is -2.18. The van der Waals surface area contributed by atoms with Crippen molar-refractivity contribution in [3.63, 3.8) is 0 Å². The van der Waals surface area contributed by atoms with Gasteiger partial charge in [0.2, 0.25) is 0 Å². The van der Waals surface area contributed by atoms with Crippen LogP contribution in [0.1, 0.15) is 24.3 Å². The van der Waals surface area contributed by atoms with Crippen LogP contribution in [0.25, 0.3) is 0 Å². The number of benzene rings is 1. The highest BCUT2D eigenvalue weighted by Gasteiger charge is 2.06. The highest BCUT2D eigenvalue weighted by Crippen LogP contribution is 2.13. The zero-order valence-corrected chi connectivity index (χ0v) is 9.14. The number of allylic oxidation sites excluding steroid dienone is 2. The van der Waals surface area contributed by atoms with Crippen LogP contribution in [0.4, 0.5) is 0 Å². The number of rotatable bonds is 4. The predicted molar refractivity (Wildman–Crippen MR) is 63.2 cm³/mol. The Balaban J connectivity index is 2.77. The number of hydrogen-bond donors (Lipinski definition) is 2. The van der Waals surface area contributed by atoms with Crippen LogP contribution in [0.3, 0.4) is 0 Å². The molecule has 0 aliphatic heterocycles. The fourth-order valence-corrected chi connectivity index (χ4v) is 1.29. The molecule has 1 unspecified atom stereocenters. The van der Waals surface area contributed by atoms with E-state index in [9.17, 15) is 5.11 Å². The summed E-state index contributed by atoms with van der Waals surface area (Å²) < 4.78 is 0. The van der Waals surface area contributed by atoms with Gasteiger partial charge in [0.1, 0.15) is 0 Å². The molecule has 82 valence electrons. The molecular weight excluding hydrogens is 200 g/mol. The van der Waals surface area contributed by atoms with Gasteiger partial charge in [0, 0.05) is 11.3 Å². The van der Waals surface area contributed by atoms with Crippen LogP contribution >= 0.6 is 0 Å². The minimum absolute atomic E-state index is 0.523. The van der Waals surface area contributed by atoms with Crippen molar-refractivity contribution in [1.29, 1.82) is 5.26 Å². The summed E-state index contributed by atoms with van der Waals surface area (Å²) in [4.78, 5) is 0. The van der Waals surface area contributed by atoms with Crippen molar-refractivity contribution in [2.75, 3.05) is 0 Å². The number of nitrogens with zero attached hydrogens (tertiary/aromatic N) is 1. The summed E-state index contributed by atoms with van der Waals surface area (Å²) >= 11 is 0. The first-order chi connectivity index (χ1) is 7.67. The first kappa shape index (κ1) is 12.0. The van der Waals surface area contributed by atoms with Crippen LogP contribution in [0.5, 0.6) is 0 Å². The molecule has 2 N–H and O–H groups in total. The first-order valence-corrected chi connectivity index (χ1v) is 4.93. The Morgan fingerprint density at radius 3 is 3.00 bits per heavy atom. The fraction of sp³-hybridized carbons (Fsp3) is 0.154. The Morgan fingerprint density at radius 1 is 1.62 bits per heavy atom. The molecule has 0 aliphatic rings. The first-order valence-electron chi connectivity index (χ1n) is 4.93. The monoisotopic (exact) mass is 214 g/mol. The van der Waals surface area contributed by atoms with Gasteiger partial charge in [0.25, 0.3) is 0 Å². The second kappa shape index (κ2) is 5.74. The van der Waals surface area contributed by atoms with Gasteiger partial charge in [-0.1, -0.05) is 24.8 Å². The van der Waals surface area contributed by atoms with Crippen molar-refractivity contribution in [2.24, 2.45) is 0 Å². The van der Waals surface area contributed by atoms with Crippen molar-refractivity contribution < 1.29 is 5.11 Å². The Kier molecular flexibility index (Phi) is 4.31. The van der Waals surface area contributed by atoms with Crippen LogP contribution in [0.2, 0.25) is 0 Å². The maximum Gasteiger partial charge on any atom is 0.150 e. The van der Waals surface area contributed by atoms with Crippen LogP contribution in [0, 0.1) is 11.3 Å². The Labute approximate surface area is 95.3 Å². The molecular formula is C13H14N2O. The summed E-state index contributed by atoms with van der Waals surface area (Å²) in [5.41, 5.74) is 1.79. The summed E-state index contributed by atoms with van der Waals surface area (Å²) in [6, 6.07) is 8.84. The van der Waals surface area contributed by atoms with E-state index >= 15 is 0 Å². The molecule has 0 fully saturated rings. The zero-order valence-electron chi connectivity index (χ0n) is 9.14. The smallest absolute Gasteiger partial charge is 0.150 e. The molecule has 1 aromatic rings. The topological polar surface area (TPSA) is 56.0 Å². The Bertz CT molecular complexity index is 443. The summed E-state index contributed by atoms with van der Waals surface area (Å²) in [5.74, 6) is 0. The van der Waals surface area contributed by atoms with Crippen molar-refractivity contribution in [3.05, 3.63) is 59.8 Å². The van der Waals surface area contributed by atoms with Gasteiger partial charge in [0.15, 0.2) is 6.23 Å². The van der Waals surface area contributed by atoms with Crippen LogP contribution in [0.15, 0.2) is 48.7 Å². The molecule has 0 bridgehead atoms. The van der Waals surface area contributed by atoms with E-state index < -0.39 is 6.23 Å². The molecule has 0 heterocycles. The second-order valence-electron chi connectivity index (χ2n) is 3.31. The van der Waals surface area contributed by atoms with E-state index in [1.807, 2.05) is 19.1 Å². The van der Waals surface area contributed by atoms with E-state index in [-0.39, 0.29) is 0 Å². The number of aliphatic hydroxyl groups excluding tert-OH is 1. The van der Waals surface area contributed by atoms with Crippen molar-refractivity contribution in [2.45, 2.75) is 13.2 Å². The molecule has 1 aromatic carbocycles. The lowest BCUT2D eigenvalue weighted by molar-refractivity contribution is 0.153. The summed E-state index contributed by atoms with van der Waals surface area (Å²) in [6.45, 7) is 5.60. The lowest BCUT2D eigenvalue weighted by atomic mass is 10.1. The molecule has 1 rings (SSSR count). The third kappa shape index (κ3) is 3.26. The molecule has 0 aromatic heterocycles. The average Bonchev–Trinajstić information content (AvgIpc) is 2.29. The van der Waals surface area contributed by atoms with Crippen LogP contribution in [-0.4, -0.2) is 5.11 Å². The lowest BCUT2D eigenvalue weighted by Gasteiger charge is -2.14. The zero-order chi connectivity index (χ0) is 12.0. The Morgan fingerprint density at radius 2 is 2.38 bits per heavy atom. The van der Waals surface area contributed by atoms with E-state index in [0.717, 1.165) is 0 Å². The van der Waals surface area contributed by atoms with Crippen molar-refractivity contribution in [3.8, 4) is 6.07 Å². The number of nitrogens with one attached hydrogen (secondary N) is 1. The molecule has 3 heteroatoms. The van der Waals surface area contributed by atoms with Crippen LogP contribution in [-0.2, 0) is 0 Å². The third-order valence-corrected chi connectivity index (χ3v) is 2.02. The van der Waals surface area contributed by atoms with Gasteiger partial charge in [-0.05, 0) is 25.1 Å². The minimum atomic E-state index is -0.850. The molecule has 0 amide bonds. The normalized spacial score (nSPS) is 12.1. The minimum Gasteiger partial charge on any atom is -0.369 e. The molecule has 0 radical (unpaired) electrons. The SMILES string of the molecule is C=C(/C=C\C)NC(O)c1cccc(C#N)c1.